The van der Waals surface area contributed by atoms with Crippen LogP contribution in [0.2, 0.25) is 0 Å². The van der Waals surface area contributed by atoms with Crippen molar-refractivity contribution in [3.8, 4) is 17.0 Å². The topological polar surface area (TPSA) is 65.4 Å². The van der Waals surface area contributed by atoms with Crippen LogP contribution >= 0.6 is 0 Å². The highest BCUT2D eigenvalue weighted by Crippen LogP contribution is 2.49. The number of ether oxygens (including phenoxy) is 2. The van der Waals surface area contributed by atoms with Gasteiger partial charge in [-0.2, -0.15) is 0 Å². The molecular formula is C17H19N3O3. The summed E-state index contributed by atoms with van der Waals surface area (Å²) in [4.78, 5) is 16.4. The molecule has 2 aromatic rings. The molecule has 1 fully saturated rings. The Kier molecular flexibility index (Phi) is 3.16. The van der Waals surface area contributed by atoms with E-state index >= 15 is 0 Å². The minimum Gasteiger partial charge on any atom is -0.480 e. The lowest BCUT2D eigenvalue weighted by molar-refractivity contribution is -0.0516. The Labute approximate surface area is 134 Å². The van der Waals surface area contributed by atoms with Crippen LogP contribution < -0.4 is 10.1 Å². The number of nitrogens with one attached hydrogen (secondary N) is 1. The van der Waals surface area contributed by atoms with E-state index in [4.69, 9.17) is 9.47 Å². The molecule has 0 aliphatic carbocycles. The first-order valence-corrected chi connectivity index (χ1v) is 7.80. The lowest BCUT2D eigenvalue weighted by Gasteiger charge is -2.41. The zero-order chi connectivity index (χ0) is 16.0. The molecule has 0 bridgehead atoms. The molecule has 1 N–H and O–H groups in total. The third-order valence-corrected chi connectivity index (χ3v) is 4.83. The largest absolute Gasteiger partial charge is 0.480 e. The minimum absolute atomic E-state index is 0.0975. The van der Waals surface area contributed by atoms with Crippen LogP contribution in [0, 0.1) is 0 Å². The van der Waals surface area contributed by atoms with Crippen molar-refractivity contribution in [3.63, 3.8) is 0 Å². The molecule has 23 heavy (non-hydrogen) atoms. The number of amides is 1. The molecule has 1 saturated heterocycles. The van der Waals surface area contributed by atoms with Crippen molar-refractivity contribution in [1.29, 1.82) is 0 Å². The van der Waals surface area contributed by atoms with Crippen molar-refractivity contribution < 1.29 is 14.3 Å². The van der Waals surface area contributed by atoms with Gasteiger partial charge in [-0.15, -0.1) is 0 Å². The van der Waals surface area contributed by atoms with Gasteiger partial charge in [-0.3, -0.25) is 9.78 Å². The van der Waals surface area contributed by atoms with Gasteiger partial charge in [0.15, 0.2) is 0 Å². The second-order valence-corrected chi connectivity index (χ2v) is 6.01. The van der Waals surface area contributed by atoms with Gasteiger partial charge in [0, 0.05) is 44.3 Å². The summed E-state index contributed by atoms with van der Waals surface area (Å²) in [5.74, 6) is 0.672. The number of pyridine rings is 1. The van der Waals surface area contributed by atoms with Crippen LogP contribution in [0.25, 0.3) is 11.3 Å². The smallest absolute Gasteiger partial charge is 0.267 e. The maximum atomic E-state index is 12.2. The van der Waals surface area contributed by atoms with Crippen molar-refractivity contribution in [2.45, 2.75) is 18.4 Å². The van der Waals surface area contributed by atoms with E-state index in [-0.39, 0.29) is 5.91 Å². The standard InChI is InChI=1S/C17H19N3O3/c1-18-16(21)13-9-12-15(20(13)2)11-3-6-19-10-14(11)23-17(12)4-7-22-8-5-17/h3,6,9-10H,4-5,7-8H2,1-2H3,(H,18,21). The summed E-state index contributed by atoms with van der Waals surface area (Å²) >= 11 is 0. The normalized spacial score (nSPS) is 18.0. The average molecular weight is 313 g/mol. The third-order valence-electron chi connectivity index (χ3n) is 4.83. The molecule has 1 amide bonds. The van der Waals surface area contributed by atoms with Gasteiger partial charge in [-0.25, -0.2) is 0 Å². The molecule has 2 aliphatic rings. The van der Waals surface area contributed by atoms with Gasteiger partial charge in [0.1, 0.15) is 17.0 Å². The maximum absolute atomic E-state index is 12.2. The predicted molar refractivity (Wildman–Crippen MR) is 84.4 cm³/mol. The minimum atomic E-state index is -0.437. The Bertz CT molecular complexity index is 775. The summed E-state index contributed by atoms with van der Waals surface area (Å²) in [6.45, 7) is 1.30. The van der Waals surface area contributed by atoms with Gasteiger partial charge >= 0.3 is 0 Å². The zero-order valence-corrected chi connectivity index (χ0v) is 13.3. The Hall–Kier alpha value is -2.34. The first-order valence-electron chi connectivity index (χ1n) is 7.80. The molecule has 6 nitrogen and oxygen atoms in total. The van der Waals surface area contributed by atoms with E-state index < -0.39 is 5.60 Å². The molecule has 4 rings (SSSR count). The number of carbonyl (C=O) groups is 1. The van der Waals surface area contributed by atoms with E-state index in [1.54, 1.807) is 19.4 Å². The highest BCUT2D eigenvalue weighted by molar-refractivity contribution is 5.95. The predicted octanol–water partition coefficient (Wildman–Crippen LogP) is 1.84. The fourth-order valence-electron chi connectivity index (χ4n) is 3.62. The van der Waals surface area contributed by atoms with Crippen LogP contribution in [-0.4, -0.2) is 35.7 Å². The van der Waals surface area contributed by atoms with E-state index in [0.717, 1.165) is 35.4 Å². The monoisotopic (exact) mass is 313 g/mol. The molecule has 6 heteroatoms. The van der Waals surface area contributed by atoms with E-state index in [0.29, 0.717) is 18.9 Å². The summed E-state index contributed by atoms with van der Waals surface area (Å²) in [6.07, 6.45) is 5.04. The van der Waals surface area contributed by atoms with Crippen molar-refractivity contribution in [2.75, 3.05) is 20.3 Å². The summed E-state index contributed by atoms with van der Waals surface area (Å²) in [5, 5.41) is 2.71. The summed E-state index contributed by atoms with van der Waals surface area (Å²) in [6, 6.07) is 3.90. The second-order valence-electron chi connectivity index (χ2n) is 6.01. The van der Waals surface area contributed by atoms with Gasteiger partial charge in [0.2, 0.25) is 0 Å². The van der Waals surface area contributed by atoms with Gasteiger partial charge in [0.25, 0.3) is 5.91 Å². The van der Waals surface area contributed by atoms with Crippen molar-refractivity contribution in [3.05, 3.63) is 35.8 Å². The molecule has 1 spiro atoms. The van der Waals surface area contributed by atoms with Crippen LogP contribution in [0.4, 0.5) is 0 Å². The van der Waals surface area contributed by atoms with E-state index in [1.165, 1.54) is 0 Å². The highest BCUT2D eigenvalue weighted by Gasteiger charge is 2.44. The summed E-state index contributed by atoms with van der Waals surface area (Å²) < 4.78 is 13.9. The van der Waals surface area contributed by atoms with Gasteiger partial charge in [-0.1, -0.05) is 0 Å². The summed E-state index contributed by atoms with van der Waals surface area (Å²) in [7, 11) is 3.57. The molecular weight excluding hydrogens is 294 g/mol. The Balaban J connectivity index is 1.97. The number of aromatic nitrogens is 2. The number of nitrogens with zero attached hydrogens (tertiary/aromatic N) is 2. The zero-order valence-electron chi connectivity index (χ0n) is 13.3. The van der Waals surface area contributed by atoms with Crippen molar-refractivity contribution in [1.82, 2.24) is 14.9 Å². The van der Waals surface area contributed by atoms with Gasteiger partial charge in [-0.05, 0) is 12.1 Å². The Morgan fingerprint density at radius 2 is 2.17 bits per heavy atom. The Morgan fingerprint density at radius 3 is 2.91 bits per heavy atom. The van der Waals surface area contributed by atoms with Crippen LogP contribution in [0.15, 0.2) is 24.5 Å². The lowest BCUT2D eigenvalue weighted by Crippen LogP contribution is -2.41. The molecule has 2 aromatic heterocycles. The lowest BCUT2D eigenvalue weighted by atomic mass is 9.82. The van der Waals surface area contributed by atoms with Gasteiger partial charge in [0.05, 0.1) is 25.1 Å². The second kappa shape index (κ2) is 5.09. The number of carbonyl (C=O) groups excluding carboxylic acids is 1. The third kappa shape index (κ3) is 1.98. The van der Waals surface area contributed by atoms with Crippen molar-refractivity contribution >= 4 is 5.91 Å². The van der Waals surface area contributed by atoms with E-state index in [2.05, 4.69) is 10.3 Å². The molecule has 0 radical (unpaired) electrons. The van der Waals surface area contributed by atoms with Crippen LogP contribution in [-0.2, 0) is 17.4 Å². The molecule has 0 saturated carbocycles. The van der Waals surface area contributed by atoms with E-state index in [9.17, 15) is 4.79 Å². The maximum Gasteiger partial charge on any atom is 0.267 e. The summed E-state index contributed by atoms with van der Waals surface area (Å²) in [5.41, 5.74) is 3.28. The highest BCUT2D eigenvalue weighted by atomic mass is 16.5. The number of fused-ring (bicyclic) bond motifs is 4. The van der Waals surface area contributed by atoms with E-state index in [1.807, 2.05) is 23.7 Å². The SMILES string of the molecule is CNC(=O)c1cc2c(n1C)-c1ccncc1OC21CCOCC1. The first kappa shape index (κ1) is 14.3. The molecule has 0 atom stereocenters. The number of hydrogen-bond donors (Lipinski definition) is 1. The molecule has 120 valence electrons. The molecule has 4 heterocycles. The van der Waals surface area contributed by atoms with Crippen LogP contribution in [0.5, 0.6) is 5.75 Å². The number of rotatable bonds is 1. The Morgan fingerprint density at radius 1 is 1.39 bits per heavy atom. The van der Waals surface area contributed by atoms with Gasteiger partial charge < -0.3 is 19.4 Å². The van der Waals surface area contributed by atoms with Crippen LogP contribution in [0.1, 0.15) is 28.9 Å². The van der Waals surface area contributed by atoms with Crippen molar-refractivity contribution in [2.24, 2.45) is 7.05 Å². The average Bonchev–Trinajstić information content (AvgIpc) is 2.94. The number of hydrogen-bond acceptors (Lipinski definition) is 4. The fraction of sp³-hybridized carbons (Fsp3) is 0.412. The molecule has 0 unspecified atom stereocenters. The molecule has 2 aliphatic heterocycles. The molecule has 0 aromatic carbocycles. The quantitative estimate of drug-likeness (QED) is 0.872. The van der Waals surface area contributed by atoms with Crippen LogP contribution in [0.3, 0.4) is 0 Å². The first-order chi connectivity index (χ1) is 11.2. The fourth-order valence-corrected chi connectivity index (χ4v) is 3.62.